The third-order valence-corrected chi connectivity index (χ3v) is 0.333. The van der Waals surface area contributed by atoms with Crippen LogP contribution < -0.4 is 0 Å². The first-order valence-electron chi connectivity index (χ1n) is 1.22. The van der Waals surface area contributed by atoms with Crippen LogP contribution in [0.1, 0.15) is 0 Å². The van der Waals surface area contributed by atoms with Crippen LogP contribution in [0.25, 0.3) is 0 Å². The normalized spacial score (nSPS) is 15.4. The Hall–Kier alpha value is -0.566. The van der Waals surface area contributed by atoms with Crippen molar-refractivity contribution in [1.82, 2.24) is 0 Å². The Balaban J connectivity index is 0.000000360. The van der Waals surface area contributed by atoms with Crippen molar-refractivity contribution in [2.24, 2.45) is 0 Å². The molecule has 5 heteroatoms. The molecule has 0 aliphatic carbocycles. The van der Waals surface area contributed by atoms with Crippen LogP contribution in [0, 0.1) is 0 Å². The van der Waals surface area contributed by atoms with Crippen molar-refractivity contribution in [3.8, 4) is 0 Å². The molecule has 7 heavy (non-hydrogen) atoms. The Kier molecular flexibility index (Phi) is 1.78. The minimum absolute atomic E-state index is 0. The van der Waals surface area contributed by atoms with Crippen LogP contribution in [0.2, 0.25) is 0 Å². The molecule has 0 amide bonds. The first-order valence-corrected chi connectivity index (χ1v) is 1.22. The van der Waals surface area contributed by atoms with Gasteiger partial charge in [-0.05, 0) is 0 Å². The minimum Gasteiger partial charge on any atom is -0.327 e. The standard InChI is InChI=1S/C2O4.Ni/c3-1-5-2(4)6-1;. The van der Waals surface area contributed by atoms with Crippen LogP contribution in [0.5, 0.6) is 0 Å². The maximum Gasteiger partial charge on any atom is 0.528 e. The Labute approximate surface area is 48.7 Å². The van der Waals surface area contributed by atoms with Crippen molar-refractivity contribution in [3.63, 3.8) is 0 Å². The molecular weight excluding hydrogens is 147 g/mol. The van der Waals surface area contributed by atoms with Crippen molar-refractivity contribution in [3.05, 3.63) is 0 Å². The Morgan fingerprint density at radius 1 is 1.00 bits per heavy atom. The van der Waals surface area contributed by atoms with E-state index in [1.54, 1.807) is 0 Å². The molecule has 4 nitrogen and oxygen atoms in total. The van der Waals surface area contributed by atoms with Gasteiger partial charge in [0.05, 0.1) is 0 Å². The summed E-state index contributed by atoms with van der Waals surface area (Å²) in [6.45, 7) is 0. The summed E-state index contributed by atoms with van der Waals surface area (Å²) in [5.74, 6) is 0. The third kappa shape index (κ3) is 1.16. The molecule has 0 unspecified atom stereocenters. The molecule has 0 aromatic rings. The molecule has 1 fully saturated rings. The van der Waals surface area contributed by atoms with Crippen LogP contribution in [0.3, 0.4) is 0 Å². The second-order valence-corrected chi connectivity index (χ2v) is 0.704. The van der Waals surface area contributed by atoms with Gasteiger partial charge in [0.25, 0.3) is 0 Å². The van der Waals surface area contributed by atoms with E-state index < -0.39 is 12.3 Å². The SMILES string of the molecule is O=C1OC(=O)O1.[Ni]. The predicted octanol–water partition coefficient (Wildman–Crippen LogP) is 0.271. The maximum absolute atomic E-state index is 9.44. The van der Waals surface area contributed by atoms with Gasteiger partial charge in [-0.25, -0.2) is 9.59 Å². The zero-order valence-electron chi connectivity index (χ0n) is 2.95. The molecule has 1 aliphatic heterocycles. The van der Waals surface area contributed by atoms with Crippen molar-refractivity contribution in [1.29, 1.82) is 0 Å². The molecule has 42 valence electrons. The minimum atomic E-state index is -0.917. The Bertz CT molecular complexity index is 86.3. The Morgan fingerprint density at radius 2 is 1.29 bits per heavy atom. The molecule has 0 atom stereocenters. The molecule has 0 N–H and O–H groups in total. The fourth-order valence-corrected chi connectivity index (χ4v) is 0.144. The monoisotopic (exact) mass is 146 g/mol. The number of hydrogen-bond donors (Lipinski definition) is 0. The average molecular weight is 147 g/mol. The van der Waals surface area contributed by atoms with E-state index in [-0.39, 0.29) is 16.5 Å². The van der Waals surface area contributed by atoms with Gasteiger partial charge in [-0.3, -0.25) is 0 Å². The van der Waals surface area contributed by atoms with E-state index >= 15 is 0 Å². The maximum atomic E-state index is 9.44. The molecular formula is C2NiO4. The van der Waals surface area contributed by atoms with E-state index in [0.29, 0.717) is 0 Å². The number of carbonyl (C=O) groups excluding carboxylic acids is 2. The quantitative estimate of drug-likeness (QED) is 0.280. The van der Waals surface area contributed by atoms with E-state index in [9.17, 15) is 9.59 Å². The van der Waals surface area contributed by atoms with Crippen molar-refractivity contribution < 1.29 is 35.6 Å². The van der Waals surface area contributed by atoms with E-state index in [4.69, 9.17) is 0 Å². The topological polar surface area (TPSA) is 52.6 Å². The molecule has 1 aliphatic rings. The van der Waals surface area contributed by atoms with Gasteiger partial charge >= 0.3 is 12.3 Å². The summed E-state index contributed by atoms with van der Waals surface area (Å²) in [4.78, 5) is 18.9. The first kappa shape index (κ1) is 6.43. The molecule has 0 radical (unpaired) electrons. The van der Waals surface area contributed by atoms with E-state index in [2.05, 4.69) is 9.47 Å². The molecule has 0 aromatic carbocycles. The van der Waals surface area contributed by atoms with Gasteiger partial charge in [0, 0.05) is 16.5 Å². The third-order valence-electron chi connectivity index (χ3n) is 0.333. The fraction of sp³-hybridized carbons (Fsp3) is 0. The summed E-state index contributed by atoms with van der Waals surface area (Å²) in [5, 5.41) is 0. The molecule has 0 aromatic heterocycles. The molecule has 1 rings (SSSR count). The molecule has 1 saturated heterocycles. The fourth-order valence-electron chi connectivity index (χ4n) is 0.144. The number of hydrogen-bond acceptors (Lipinski definition) is 4. The van der Waals surface area contributed by atoms with E-state index in [1.807, 2.05) is 0 Å². The van der Waals surface area contributed by atoms with Crippen LogP contribution in [0.15, 0.2) is 0 Å². The van der Waals surface area contributed by atoms with E-state index in [1.165, 1.54) is 0 Å². The molecule has 0 bridgehead atoms. The zero-order chi connectivity index (χ0) is 4.57. The van der Waals surface area contributed by atoms with Crippen LogP contribution in [-0.2, 0) is 26.0 Å². The largest absolute Gasteiger partial charge is 0.528 e. The van der Waals surface area contributed by atoms with Gasteiger partial charge in [-0.15, -0.1) is 0 Å². The molecule has 0 saturated carbocycles. The smallest absolute Gasteiger partial charge is 0.327 e. The van der Waals surface area contributed by atoms with Gasteiger partial charge in [-0.2, -0.15) is 0 Å². The summed E-state index contributed by atoms with van der Waals surface area (Å²) in [5.41, 5.74) is 0. The molecule has 1 heterocycles. The number of cyclic esters (lactones) is 4. The summed E-state index contributed by atoms with van der Waals surface area (Å²) < 4.78 is 7.28. The van der Waals surface area contributed by atoms with Gasteiger partial charge in [-0.1, -0.05) is 0 Å². The van der Waals surface area contributed by atoms with Crippen molar-refractivity contribution >= 4 is 12.3 Å². The second-order valence-electron chi connectivity index (χ2n) is 0.704. The second kappa shape index (κ2) is 1.93. The summed E-state index contributed by atoms with van der Waals surface area (Å²) >= 11 is 0. The number of ether oxygens (including phenoxy) is 2. The van der Waals surface area contributed by atoms with Gasteiger partial charge < -0.3 is 9.47 Å². The Morgan fingerprint density at radius 3 is 1.29 bits per heavy atom. The van der Waals surface area contributed by atoms with E-state index in [0.717, 1.165) is 0 Å². The number of carbonyl (C=O) groups is 2. The predicted molar refractivity (Wildman–Crippen MR) is 13.0 cm³/mol. The van der Waals surface area contributed by atoms with Crippen LogP contribution in [-0.4, -0.2) is 12.3 Å². The van der Waals surface area contributed by atoms with Crippen molar-refractivity contribution in [2.45, 2.75) is 0 Å². The van der Waals surface area contributed by atoms with Gasteiger partial charge in [0.1, 0.15) is 0 Å². The van der Waals surface area contributed by atoms with Crippen molar-refractivity contribution in [2.75, 3.05) is 0 Å². The summed E-state index contributed by atoms with van der Waals surface area (Å²) in [7, 11) is 0. The first-order chi connectivity index (χ1) is 2.79. The number of rotatable bonds is 0. The van der Waals surface area contributed by atoms with Crippen LogP contribution >= 0.6 is 0 Å². The average Bonchev–Trinajstić information content (AvgIpc) is 1.33. The van der Waals surface area contributed by atoms with Gasteiger partial charge in [0.2, 0.25) is 0 Å². The summed E-state index contributed by atoms with van der Waals surface area (Å²) in [6, 6.07) is 0. The molecule has 0 spiro atoms. The van der Waals surface area contributed by atoms with Crippen LogP contribution in [0.4, 0.5) is 9.59 Å². The van der Waals surface area contributed by atoms with Gasteiger partial charge in [0.15, 0.2) is 0 Å². The zero-order valence-corrected chi connectivity index (χ0v) is 3.94. The summed E-state index contributed by atoms with van der Waals surface area (Å²) in [6.07, 6.45) is -1.83.